The molecule has 1 N–H and O–H groups in total. The van der Waals surface area contributed by atoms with E-state index in [2.05, 4.69) is 15.3 Å². The molecule has 6 heteroatoms. The number of anilines is 1. The van der Waals surface area contributed by atoms with Crippen LogP contribution in [-0.4, -0.2) is 12.3 Å². The number of hydrogen-bond acceptors (Lipinski definition) is 3. The minimum Gasteiger partial charge on any atom is -0.298 e. The van der Waals surface area contributed by atoms with Gasteiger partial charge in [-0.2, -0.15) is 0 Å². The Balaban J connectivity index is 1.95. The van der Waals surface area contributed by atoms with Crippen molar-refractivity contribution in [3.63, 3.8) is 0 Å². The summed E-state index contributed by atoms with van der Waals surface area (Å²) in [4.78, 5) is 16.0. The van der Waals surface area contributed by atoms with Crippen LogP contribution in [0.3, 0.4) is 0 Å². The Labute approximate surface area is 119 Å². The Bertz CT molecular complexity index is 612. The van der Waals surface area contributed by atoms with Crippen molar-refractivity contribution in [1.82, 2.24) is 0 Å². The van der Waals surface area contributed by atoms with E-state index in [1.54, 1.807) is 24.3 Å². The Morgan fingerprint density at radius 2 is 1.95 bits per heavy atom. The number of carbonyl (C=O) groups excluding carboxylic acids is 1. The van der Waals surface area contributed by atoms with Gasteiger partial charge in [-0.1, -0.05) is 41.0 Å². The first-order valence-corrected chi connectivity index (χ1v) is 6.05. The van der Waals surface area contributed by atoms with E-state index in [1.807, 2.05) is 6.07 Å². The van der Waals surface area contributed by atoms with Crippen molar-refractivity contribution < 1.29 is 14.0 Å². The smallest absolute Gasteiger partial charge is 0.298 e. The van der Waals surface area contributed by atoms with E-state index in [4.69, 9.17) is 11.6 Å². The van der Waals surface area contributed by atoms with Crippen molar-refractivity contribution in [2.45, 2.75) is 0 Å². The fourth-order valence-corrected chi connectivity index (χ4v) is 1.63. The maximum absolute atomic E-state index is 13.4. The van der Waals surface area contributed by atoms with E-state index in [0.717, 1.165) is 6.21 Å². The number of benzene rings is 2. The largest absolute Gasteiger partial charge is 0.437 e. The minimum atomic E-state index is -0.778. The zero-order chi connectivity index (χ0) is 14.4. The number of para-hydroxylation sites is 1. The van der Waals surface area contributed by atoms with Crippen molar-refractivity contribution in [2.75, 3.05) is 5.32 Å². The maximum Gasteiger partial charge on any atom is 0.437 e. The first-order chi connectivity index (χ1) is 9.66. The first kappa shape index (κ1) is 14.0. The standard InChI is InChI=1S/C14H10ClFN2O2/c15-12-7-4-8-13(16)11(12)9-17-20-14(19)18-10-5-2-1-3-6-10/h1-9H,(H,18,19). The summed E-state index contributed by atoms with van der Waals surface area (Å²) in [5.41, 5.74) is 0.623. The molecule has 20 heavy (non-hydrogen) atoms. The molecule has 0 aliphatic carbocycles. The van der Waals surface area contributed by atoms with Crippen LogP contribution in [0.2, 0.25) is 5.02 Å². The normalized spacial score (nSPS) is 10.5. The Hall–Kier alpha value is -2.40. The van der Waals surface area contributed by atoms with Gasteiger partial charge in [-0.25, -0.2) is 9.18 Å². The summed E-state index contributed by atoms with van der Waals surface area (Å²) in [5.74, 6) is -0.548. The average Bonchev–Trinajstić information content (AvgIpc) is 2.43. The molecule has 0 radical (unpaired) electrons. The fourth-order valence-electron chi connectivity index (χ4n) is 1.42. The number of amides is 1. The molecule has 0 atom stereocenters. The maximum atomic E-state index is 13.4. The molecule has 2 aromatic rings. The van der Waals surface area contributed by atoms with Crippen LogP contribution < -0.4 is 5.32 Å². The lowest BCUT2D eigenvalue weighted by Crippen LogP contribution is -2.10. The highest BCUT2D eigenvalue weighted by atomic mass is 35.5. The van der Waals surface area contributed by atoms with Gasteiger partial charge in [0.25, 0.3) is 0 Å². The zero-order valence-electron chi connectivity index (χ0n) is 10.2. The van der Waals surface area contributed by atoms with Crippen LogP contribution in [0.5, 0.6) is 0 Å². The highest BCUT2D eigenvalue weighted by molar-refractivity contribution is 6.33. The summed E-state index contributed by atoms with van der Waals surface area (Å²) < 4.78 is 13.4. The highest BCUT2D eigenvalue weighted by Crippen LogP contribution is 2.16. The van der Waals surface area contributed by atoms with Crippen molar-refractivity contribution >= 4 is 29.6 Å². The number of rotatable bonds is 3. The average molecular weight is 293 g/mol. The number of halogens is 2. The first-order valence-electron chi connectivity index (χ1n) is 5.67. The molecule has 1 amide bonds. The monoisotopic (exact) mass is 292 g/mol. The van der Waals surface area contributed by atoms with E-state index in [1.165, 1.54) is 18.2 Å². The molecule has 0 bridgehead atoms. The number of hydrogen-bond donors (Lipinski definition) is 1. The van der Waals surface area contributed by atoms with Crippen LogP contribution in [0.4, 0.5) is 14.9 Å². The molecule has 0 spiro atoms. The van der Waals surface area contributed by atoms with Gasteiger partial charge in [0.05, 0.1) is 16.8 Å². The SMILES string of the molecule is O=C(Nc1ccccc1)ON=Cc1c(F)cccc1Cl. The predicted octanol–water partition coefficient (Wildman–Crippen LogP) is 4.06. The van der Waals surface area contributed by atoms with Crippen LogP contribution in [0.15, 0.2) is 53.7 Å². The summed E-state index contributed by atoms with van der Waals surface area (Å²) in [6.07, 6.45) is 0.266. The lowest BCUT2D eigenvalue weighted by molar-refractivity contribution is 0.167. The lowest BCUT2D eigenvalue weighted by atomic mass is 10.2. The van der Waals surface area contributed by atoms with Crippen LogP contribution in [0.1, 0.15) is 5.56 Å². The van der Waals surface area contributed by atoms with Gasteiger partial charge < -0.3 is 0 Å². The second kappa shape index (κ2) is 6.68. The second-order valence-electron chi connectivity index (χ2n) is 3.74. The Kier molecular flexibility index (Phi) is 4.68. The molecule has 0 aliphatic rings. The van der Waals surface area contributed by atoms with Gasteiger partial charge in [0.1, 0.15) is 5.82 Å². The number of oxime groups is 1. The van der Waals surface area contributed by atoms with Crippen LogP contribution in [0.25, 0.3) is 0 Å². The molecular weight excluding hydrogens is 283 g/mol. The number of nitrogens with zero attached hydrogens (tertiary/aromatic N) is 1. The summed E-state index contributed by atoms with van der Waals surface area (Å²) in [5, 5.41) is 6.03. The molecule has 0 saturated carbocycles. The highest BCUT2D eigenvalue weighted by Gasteiger charge is 2.05. The van der Waals surface area contributed by atoms with Crippen LogP contribution in [0, 0.1) is 5.82 Å². The lowest BCUT2D eigenvalue weighted by Gasteiger charge is -2.02. The fraction of sp³-hybridized carbons (Fsp3) is 0. The molecular formula is C14H10ClFN2O2. The summed E-state index contributed by atoms with van der Waals surface area (Å²) in [7, 11) is 0. The van der Waals surface area contributed by atoms with Crippen molar-refractivity contribution in [3.8, 4) is 0 Å². The van der Waals surface area contributed by atoms with Gasteiger partial charge in [-0.05, 0) is 24.3 Å². The molecule has 2 rings (SSSR count). The molecule has 2 aromatic carbocycles. The summed E-state index contributed by atoms with van der Waals surface area (Å²) in [6, 6.07) is 12.9. The quantitative estimate of drug-likeness (QED) is 0.527. The summed E-state index contributed by atoms with van der Waals surface area (Å²) >= 11 is 5.79. The van der Waals surface area contributed by atoms with Crippen molar-refractivity contribution in [1.29, 1.82) is 0 Å². The van der Waals surface area contributed by atoms with E-state index in [9.17, 15) is 9.18 Å². The van der Waals surface area contributed by atoms with E-state index in [-0.39, 0.29) is 10.6 Å². The van der Waals surface area contributed by atoms with Gasteiger partial charge in [-0.15, -0.1) is 0 Å². The topological polar surface area (TPSA) is 50.7 Å². The van der Waals surface area contributed by atoms with Crippen LogP contribution in [-0.2, 0) is 4.84 Å². The van der Waals surface area contributed by atoms with Gasteiger partial charge in [0, 0.05) is 5.69 Å². The van der Waals surface area contributed by atoms with E-state index in [0.29, 0.717) is 5.69 Å². The predicted molar refractivity (Wildman–Crippen MR) is 75.5 cm³/mol. The molecule has 4 nitrogen and oxygen atoms in total. The molecule has 0 aromatic heterocycles. The van der Waals surface area contributed by atoms with Gasteiger partial charge >= 0.3 is 6.09 Å². The molecule has 102 valence electrons. The van der Waals surface area contributed by atoms with Crippen molar-refractivity contribution in [3.05, 3.63) is 64.9 Å². The second-order valence-corrected chi connectivity index (χ2v) is 4.15. The zero-order valence-corrected chi connectivity index (χ0v) is 11.0. The third-order valence-corrected chi connectivity index (χ3v) is 2.67. The molecule has 0 fully saturated rings. The van der Waals surface area contributed by atoms with E-state index < -0.39 is 11.9 Å². The van der Waals surface area contributed by atoms with Gasteiger partial charge in [0.2, 0.25) is 0 Å². The van der Waals surface area contributed by atoms with E-state index >= 15 is 0 Å². The van der Waals surface area contributed by atoms with Crippen LogP contribution >= 0.6 is 11.6 Å². The van der Waals surface area contributed by atoms with Gasteiger partial charge in [0.15, 0.2) is 0 Å². The Morgan fingerprint density at radius 1 is 1.20 bits per heavy atom. The molecule has 0 saturated heterocycles. The minimum absolute atomic E-state index is 0.0571. The van der Waals surface area contributed by atoms with Gasteiger partial charge in [-0.3, -0.25) is 10.2 Å². The molecule has 0 aliphatic heterocycles. The third kappa shape index (κ3) is 3.80. The molecule has 0 heterocycles. The number of nitrogens with one attached hydrogen (secondary N) is 1. The Morgan fingerprint density at radius 3 is 2.65 bits per heavy atom. The van der Waals surface area contributed by atoms with Crippen molar-refractivity contribution in [2.24, 2.45) is 5.16 Å². The summed E-state index contributed by atoms with van der Waals surface area (Å²) in [6.45, 7) is 0. The molecule has 0 unspecified atom stereocenters. The number of carbonyl (C=O) groups is 1. The third-order valence-electron chi connectivity index (χ3n) is 2.34.